The fraction of sp³-hybridized carbons (Fsp3) is 0.211. The van der Waals surface area contributed by atoms with Gasteiger partial charge in [-0.2, -0.15) is 5.10 Å². The molecule has 0 saturated carbocycles. The number of hydrogen-bond donors (Lipinski definition) is 1. The van der Waals surface area contributed by atoms with Crippen LogP contribution in [0.3, 0.4) is 0 Å². The zero-order chi connectivity index (χ0) is 18.5. The lowest BCUT2D eigenvalue weighted by Crippen LogP contribution is -2.29. The van der Waals surface area contributed by atoms with Crippen LogP contribution in [0.4, 0.5) is 0 Å². The molecule has 3 rings (SSSR count). The Labute approximate surface area is 158 Å². The number of benzene rings is 2. The maximum Gasteiger partial charge on any atom is 0.274 e. The number of fused-ring (bicyclic) bond motifs is 1. The van der Waals surface area contributed by atoms with Crippen LogP contribution >= 0.6 is 15.9 Å². The highest BCUT2D eigenvalue weighted by atomic mass is 79.9. The van der Waals surface area contributed by atoms with E-state index in [-0.39, 0.29) is 18.0 Å². The van der Waals surface area contributed by atoms with Gasteiger partial charge < -0.3 is 10.1 Å². The predicted octanol–water partition coefficient (Wildman–Crippen LogP) is 2.74. The van der Waals surface area contributed by atoms with Crippen LogP contribution in [0.15, 0.2) is 57.8 Å². The second-order valence-electron chi connectivity index (χ2n) is 5.71. The number of carbonyl (C=O) groups is 1. The largest absolute Gasteiger partial charge is 0.383 e. The number of aromatic nitrogens is 2. The number of halogens is 1. The monoisotopic (exact) mass is 415 g/mol. The van der Waals surface area contributed by atoms with Crippen LogP contribution in [-0.2, 0) is 17.8 Å². The molecule has 1 amide bonds. The summed E-state index contributed by atoms with van der Waals surface area (Å²) in [7, 11) is 1.57. The third-order valence-corrected chi connectivity index (χ3v) is 4.45. The summed E-state index contributed by atoms with van der Waals surface area (Å²) in [6, 6.07) is 14.4. The molecule has 0 unspecified atom stereocenters. The van der Waals surface area contributed by atoms with Crippen LogP contribution < -0.4 is 10.9 Å². The van der Waals surface area contributed by atoms with Gasteiger partial charge in [-0.15, -0.1) is 0 Å². The highest BCUT2D eigenvalue weighted by Crippen LogP contribution is 2.14. The molecule has 0 aliphatic rings. The van der Waals surface area contributed by atoms with Crippen molar-refractivity contribution in [1.82, 2.24) is 15.1 Å². The Kier molecular flexibility index (Phi) is 5.80. The van der Waals surface area contributed by atoms with Gasteiger partial charge >= 0.3 is 0 Å². The molecule has 0 atom stereocenters. The first kappa shape index (κ1) is 18.3. The van der Waals surface area contributed by atoms with Crippen molar-refractivity contribution in [3.63, 3.8) is 0 Å². The van der Waals surface area contributed by atoms with E-state index in [9.17, 15) is 9.59 Å². The Bertz CT molecular complexity index is 1000. The van der Waals surface area contributed by atoms with Crippen LogP contribution in [0.2, 0.25) is 0 Å². The van der Waals surface area contributed by atoms with Crippen LogP contribution in [0, 0.1) is 0 Å². The number of nitrogens with one attached hydrogen (secondary N) is 1. The quantitative estimate of drug-likeness (QED) is 0.671. The minimum atomic E-state index is -0.202. The topological polar surface area (TPSA) is 73.2 Å². The SMILES string of the molecule is COCCn1nc(CNC(=O)c2cccc(Br)c2)c2ccccc2c1=O. The second kappa shape index (κ2) is 8.25. The zero-order valence-corrected chi connectivity index (χ0v) is 15.8. The number of rotatable bonds is 6. The van der Waals surface area contributed by atoms with E-state index in [2.05, 4.69) is 26.3 Å². The normalized spacial score (nSPS) is 10.8. The molecule has 7 heteroatoms. The summed E-state index contributed by atoms with van der Waals surface area (Å²) in [6.45, 7) is 0.959. The van der Waals surface area contributed by atoms with Crippen molar-refractivity contribution in [2.24, 2.45) is 0 Å². The summed E-state index contributed by atoms with van der Waals surface area (Å²) in [6.07, 6.45) is 0. The van der Waals surface area contributed by atoms with Crippen LogP contribution in [0.25, 0.3) is 10.8 Å². The van der Waals surface area contributed by atoms with E-state index >= 15 is 0 Å². The molecule has 0 radical (unpaired) electrons. The number of ether oxygens (including phenoxy) is 1. The highest BCUT2D eigenvalue weighted by molar-refractivity contribution is 9.10. The summed E-state index contributed by atoms with van der Waals surface area (Å²) in [5.41, 5.74) is 1.02. The molecule has 1 aromatic heterocycles. The third-order valence-electron chi connectivity index (χ3n) is 3.95. The number of hydrogen-bond acceptors (Lipinski definition) is 4. The van der Waals surface area contributed by atoms with Gasteiger partial charge in [0.1, 0.15) is 0 Å². The standard InChI is InChI=1S/C19H18BrN3O3/c1-26-10-9-23-19(25)16-8-3-2-7-15(16)17(22-23)12-21-18(24)13-5-4-6-14(20)11-13/h2-8,11H,9-10,12H2,1H3,(H,21,24). The van der Waals surface area contributed by atoms with E-state index in [4.69, 9.17) is 4.74 Å². The van der Waals surface area contributed by atoms with E-state index in [0.717, 1.165) is 9.86 Å². The number of methoxy groups -OCH3 is 1. The summed E-state index contributed by atoms with van der Waals surface area (Å²) < 4.78 is 7.26. The van der Waals surface area contributed by atoms with Crippen molar-refractivity contribution in [3.8, 4) is 0 Å². The Morgan fingerprint density at radius 3 is 2.69 bits per heavy atom. The molecule has 0 aliphatic carbocycles. The average Bonchev–Trinajstić information content (AvgIpc) is 2.66. The van der Waals surface area contributed by atoms with Crippen LogP contribution in [-0.4, -0.2) is 29.4 Å². The van der Waals surface area contributed by atoms with Gasteiger partial charge in [0.25, 0.3) is 11.5 Å². The van der Waals surface area contributed by atoms with Gasteiger partial charge in [-0.3, -0.25) is 9.59 Å². The highest BCUT2D eigenvalue weighted by Gasteiger charge is 2.12. The summed E-state index contributed by atoms with van der Waals surface area (Å²) >= 11 is 3.36. The van der Waals surface area contributed by atoms with E-state index in [1.807, 2.05) is 24.3 Å². The molecule has 6 nitrogen and oxygen atoms in total. The lowest BCUT2D eigenvalue weighted by Gasteiger charge is -2.12. The molecular weight excluding hydrogens is 398 g/mol. The predicted molar refractivity (Wildman–Crippen MR) is 103 cm³/mol. The zero-order valence-electron chi connectivity index (χ0n) is 14.2. The Hall–Kier alpha value is -2.51. The lowest BCUT2D eigenvalue weighted by molar-refractivity contribution is 0.0950. The number of nitrogens with zero attached hydrogens (tertiary/aromatic N) is 2. The third kappa shape index (κ3) is 4.00. The van der Waals surface area contributed by atoms with Gasteiger partial charge in [-0.1, -0.05) is 40.2 Å². The molecule has 0 aliphatic heterocycles. The Morgan fingerprint density at radius 2 is 1.96 bits per heavy atom. The molecular formula is C19H18BrN3O3. The van der Waals surface area contributed by atoms with Crippen LogP contribution in [0.5, 0.6) is 0 Å². The van der Waals surface area contributed by atoms with Gasteiger partial charge in [0.05, 0.1) is 30.8 Å². The van der Waals surface area contributed by atoms with Crippen molar-refractivity contribution in [2.75, 3.05) is 13.7 Å². The maximum atomic E-state index is 12.5. The number of carbonyl (C=O) groups excluding carboxylic acids is 1. The fourth-order valence-corrected chi connectivity index (χ4v) is 3.06. The Balaban J connectivity index is 1.90. The summed E-state index contributed by atoms with van der Waals surface area (Å²) in [5.74, 6) is -0.202. The van der Waals surface area contributed by atoms with Gasteiger partial charge in [-0.25, -0.2) is 4.68 Å². The van der Waals surface area contributed by atoms with Gasteiger partial charge in [0.2, 0.25) is 0 Å². The van der Waals surface area contributed by atoms with E-state index in [1.54, 1.807) is 31.4 Å². The van der Waals surface area contributed by atoms with E-state index in [1.165, 1.54) is 4.68 Å². The first-order chi connectivity index (χ1) is 12.6. The molecule has 26 heavy (non-hydrogen) atoms. The molecule has 134 valence electrons. The van der Waals surface area contributed by atoms with Gasteiger partial charge in [0, 0.05) is 22.5 Å². The molecule has 1 heterocycles. The molecule has 0 spiro atoms. The van der Waals surface area contributed by atoms with Crippen molar-refractivity contribution in [3.05, 3.63) is 74.6 Å². The molecule has 2 aromatic carbocycles. The van der Waals surface area contributed by atoms with E-state index < -0.39 is 0 Å². The number of amides is 1. The smallest absolute Gasteiger partial charge is 0.274 e. The minimum Gasteiger partial charge on any atom is -0.383 e. The summed E-state index contributed by atoms with van der Waals surface area (Å²) in [5, 5.41) is 8.60. The van der Waals surface area contributed by atoms with E-state index in [0.29, 0.717) is 29.8 Å². The van der Waals surface area contributed by atoms with Gasteiger partial charge in [-0.05, 0) is 24.3 Å². The van der Waals surface area contributed by atoms with Crippen molar-refractivity contribution in [2.45, 2.75) is 13.1 Å². The molecule has 0 fully saturated rings. The fourth-order valence-electron chi connectivity index (χ4n) is 2.66. The van der Waals surface area contributed by atoms with Crippen molar-refractivity contribution in [1.29, 1.82) is 0 Å². The molecule has 0 saturated heterocycles. The van der Waals surface area contributed by atoms with Crippen LogP contribution in [0.1, 0.15) is 16.1 Å². The second-order valence-corrected chi connectivity index (χ2v) is 6.62. The first-order valence-electron chi connectivity index (χ1n) is 8.11. The molecule has 0 bridgehead atoms. The molecule has 1 N–H and O–H groups in total. The van der Waals surface area contributed by atoms with Gasteiger partial charge in [0.15, 0.2) is 0 Å². The lowest BCUT2D eigenvalue weighted by atomic mass is 10.1. The maximum absolute atomic E-state index is 12.5. The average molecular weight is 416 g/mol. The first-order valence-corrected chi connectivity index (χ1v) is 8.91. The minimum absolute atomic E-state index is 0.167. The van der Waals surface area contributed by atoms with Crippen molar-refractivity contribution < 1.29 is 9.53 Å². The Morgan fingerprint density at radius 1 is 1.19 bits per heavy atom. The van der Waals surface area contributed by atoms with Crippen molar-refractivity contribution >= 4 is 32.6 Å². The molecule has 3 aromatic rings. The summed E-state index contributed by atoms with van der Waals surface area (Å²) in [4.78, 5) is 24.9.